The van der Waals surface area contributed by atoms with Gasteiger partial charge in [0.2, 0.25) is 5.89 Å². The largest absolute Gasteiger partial charge is 0.436 e. The van der Waals surface area contributed by atoms with E-state index in [1.807, 2.05) is 30.6 Å². The molecule has 2 saturated heterocycles. The summed E-state index contributed by atoms with van der Waals surface area (Å²) in [5, 5.41) is 6.97. The number of aromatic nitrogens is 5. The van der Waals surface area contributed by atoms with Gasteiger partial charge in [-0.3, -0.25) is 0 Å². The predicted octanol–water partition coefficient (Wildman–Crippen LogP) is 5.12. The summed E-state index contributed by atoms with van der Waals surface area (Å²) in [5.41, 5.74) is 6.71. The van der Waals surface area contributed by atoms with Crippen LogP contribution < -0.4 is 10.6 Å². The lowest BCUT2D eigenvalue weighted by Crippen LogP contribution is -2.14. The summed E-state index contributed by atoms with van der Waals surface area (Å²) in [7, 11) is 0. The van der Waals surface area contributed by atoms with Crippen molar-refractivity contribution in [1.29, 1.82) is 0 Å². The van der Waals surface area contributed by atoms with E-state index in [0.29, 0.717) is 18.0 Å². The second kappa shape index (κ2) is 8.48. The molecule has 2 fully saturated rings. The van der Waals surface area contributed by atoms with Gasteiger partial charge in [0.25, 0.3) is 0 Å². The van der Waals surface area contributed by atoms with E-state index in [-0.39, 0.29) is 0 Å². The Labute approximate surface area is 202 Å². The van der Waals surface area contributed by atoms with Crippen molar-refractivity contribution in [3.8, 4) is 34.0 Å². The van der Waals surface area contributed by atoms with E-state index >= 15 is 0 Å². The molecule has 0 bridgehead atoms. The molecule has 2 atom stereocenters. The van der Waals surface area contributed by atoms with Crippen molar-refractivity contribution in [1.82, 2.24) is 35.6 Å². The van der Waals surface area contributed by atoms with Crippen LogP contribution in [0.5, 0.6) is 0 Å². The molecule has 7 rings (SSSR count). The Morgan fingerprint density at radius 2 is 1.31 bits per heavy atom. The first kappa shape index (κ1) is 20.6. The number of fused-ring (bicyclic) bond motifs is 1. The van der Waals surface area contributed by atoms with Crippen LogP contribution in [0.4, 0.5) is 0 Å². The molecule has 0 unspecified atom stereocenters. The van der Waals surface area contributed by atoms with Crippen LogP contribution in [-0.2, 0) is 0 Å². The SMILES string of the molecule is c1cc(-c2nc3cc(-c4cnc([C@@H]5CCCN5)[nH]4)ccc3o2)ccc1-c1cnc([C@@H]2CCCN2)[nH]1. The van der Waals surface area contributed by atoms with Crippen LogP contribution in [0.1, 0.15) is 49.4 Å². The first-order chi connectivity index (χ1) is 17.3. The molecular formula is C27H27N7O. The third-order valence-corrected chi connectivity index (χ3v) is 7.11. The second-order valence-corrected chi connectivity index (χ2v) is 9.44. The van der Waals surface area contributed by atoms with E-state index in [2.05, 4.69) is 54.8 Å². The molecule has 176 valence electrons. The lowest BCUT2D eigenvalue weighted by Gasteiger charge is -2.05. The van der Waals surface area contributed by atoms with Crippen LogP contribution in [0.2, 0.25) is 0 Å². The van der Waals surface area contributed by atoms with E-state index in [1.54, 1.807) is 0 Å². The molecule has 0 spiro atoms. The number of nitrogens with zero attached hydrogens (tertiary/aromatic N) is 3. The summed E-state index contributed by atoms with van der Waals surface area (Å²) in [6.45, 7) is 2.11. The van der Waals surface area contributed by atoms with Gasteiger partial charge in [-0.2, -0.15) is 0 Å². The van der Waals surface area contributed by atoms with E-state index in [0.717, 1.165) is 76.8 Å². The molecule has 5 heterocycles. The van der Waals surface area contributed by atoms with E-state index in [9.17, 15) is 0 Å². The molecule has 2 aliphatic rings. The second-order valence-electron chi connectivity index (χ2n) is 9.44. The maximum Gasteiger partial charge on any atom is 0.227 e. The summed E-state index contributed by atoms with van der Waals surface area (Å²) in [6.07, 6.45) is 8.45. The first-order valence-corrected chi connectivity index (χ1v) is 12.4. The van der Waals surface area contributed by atoms with Crippen molar-refractivity contribution in [2.45, 2.75) is 37.8 Å². The highest BCUT2D eigenvalue weighted by molar-refractivity contribution is 5.81. The molecule has 0 radical (unpaired) electrons. The van der Waals surface area contributed by atoms with Crippen LogP contribution in [0.15, 0.2) is 59.3 Å². The summed E-state index contributed by atoms with van der Waals surface area (Å²) in [6, 6.07) is 15.0. The Morgan fingerprint density at radius 1 is 0.714 bits per heavy atom. The van der Waals surface area contributed by atoms with Crippen molar-refractivity contribution >= 4 is 11.1 Å². The van der Waals surface area contributed by atoms with Gasteiger partial charge < -0.3 is 25.0 Å². The third kappa shape index (κ3) is 3.84. The molecule has 8 nitrogen and oxygen atoms in total. The summed E-state index contributed by atoms with van der Waals surface area (Å²) in [5.74, 6) is 2.63. The van der Waals surface area contributed by atoms with Gasteiger partial charge >= 0.3 is 0 Å². The molecule has 2 aliphatic heterocycles. The fraction of sp³-hybridized carbons (Fsp3) is 0.296. The van der Waals surface area contributed by atoms with Gasteiger partial charge in [0.15, 0.2) is 5.58 Å². The Morgan fingerprint density at radius 3 is 1.94 bits per heavy atom. The van der Waals surface area contributed by atoms with Crippen molar-refractivity contribution in [2.24, 2.45) is 0 Å². The van der Waals surface area contributed by atoms with Gasteiger partial charge in [-0.05, 0) is 74.7 Å². The van der Waals surface area contributed by atoms with Gasteiger partial charge in [-0.1, -0.05) is 12.1 Å². The van der Waals surface area contributed by atoms with Gasteiger partial charge in [-0.25, -0.2) is 15.0 Å². The van der Waals surface area contributed by atoms with Crippen molar-refractivity contribution in [3.63, 3.8) is 0 Å². The van der Waals surface area contributed by atoms with Gasteiger partial charge in [0.1, 0.15) is 17.2 Å². The number of hydrogen-bond acceptors (Lipinski definition) is 6. The van der Waals surface area contributed by atoms with E-state index < -0.39 is 0 Å². The van der Waals surface area contributed by atoms with Gasteiger partial charge in [0.05, 0.1) is 35.9 Å². The normalized spacial score (nSPS) is 20.2. The van der Waals surface area contributed by atoms with Crippen LogP contribution >= 0.6 is 0 Å². The number of hydrogen-bond donors (Lipinski definition) is 4. The molecule has 35 heavy (non-hydrogen) atoms. The highest BCUT2D eigenvalue weighted by Gasteiger charge is 2.20. The van der Waals surface area contributed by atoms with Crippen molar-refractivity contribution in [3.05, 3.63) is 66.5 Å². The monoisotopic (exact) mass is 465 g/mol. The number of benzene rings is 2. The number of nitrogens with one attached hydrogen (secondary N) is 4. The zero-order chi connectivity index (χ0) is 23.2. The lowest BCUT2D eigenvalue weighted by atomic mass is 10.1. The number of aromatic amines is 2. The average molecular weight is 466 g/mol. The Balaban J connectivity index is 1.12. The van der Waals surface area contributed by atoms with Crippen LogP contribution in [0.3, 0.4) is 0 Å². The Hall–Kier alpha value is -3.75. The minimum Gasteiger partial charge on any atom is -0.436 e. The fourth-order valence-corrected chi connectivity index (χ4v) is 5.17. The van der Waals surface area contributed by atoms with E-state index in [1.165, 1.54) is 12.8 Å². The lowest BCUT2D eigenvalue weighted by molar-refractivity contribution is 0.613. The van der Waals surface area contributed by atoms with Gasteiger partial charge in [-0.15, -0.1) is 0 Å². The Kier molecular flexibility index (Phi) is 4.99. The topological polar surface area (TPSA) is 107 Å². The summed E-state index contributed by atoms with van der Waals surface area (Å²) < 4.78 is 6.07. The number of oxazole rings is 1. The van der Waals surface area contributed by atoms with Crippen molar-refractivity contribution in [2.75, 3.05) is 13.1 Å². The standard InChI is InChI=1S/C27H27N7O/c1-3-19(28-11-1)25-30-14-22(32-25)16-5-7-17(8-6-16)27-34-21-13-18(9-10-24(21)35-27)23-15-31-26(33-23)20-4-2-12-29-20/h5-10,13-15,19-20,28-29H,1-4,11-12H2,(H,30,32)(H,31,33)/t19-,20-/m0/s1. The minimum absolute atomic E-state index is 0.321. The molecule has 4 N–H and O–H groups in total. The van der Waals surface area contributed by atoms with Crippen LogP contribution in [0, 0.1) is 0 Å². The first-order valence-electron chi connectivity index (χ1n) is 12.4. The average Bonchev–Trinajstić information content (AvgIpc) is 3.73. The molecule has 0 saturated carbocycles. The summed E-state index contributed by atoms with van der Waals surface area (Å²) in [4.78, 5) is 20.9. The highest BCUT2D eigenvalue weighted by atomic mass is 16.3. The highest BCUT2D eigenvalue weighted by Crippen LogP contribution is 2.31. The smallest absolute Gasteiger partial charge is 0.227 e. The molecule has 0 amide bonds. The van der Waals surface area contributed by atoms with Crippen LogP contribution in [0.25, 0.3) is 45.1 Å². The zero-order valence-electron chi connectivity index (χ0n) is 19.3. The Bertz CT molecular complexity index is 1470. The minimum atomic E-state index is 0.321. The van der Waals surface area contributed by atoms with Crippen molar-refractivity contribution < 1.29 is 4.42 Å². The molecular weight excluding hydrogens is 438 g/mol. The van der Waals surface area contributed by atoms with E-state index in [4.69, 9.17) is 9.40 Å². The molecule has 2 aromatic carbocycles. The van der Waals surface area contributed by atoms with Crippen LogP contribution in [-0.4, -0.2) is 38.0 Å². The third-order valence-electron chi connectivity index (χ3n) is 7.11. The number of H-pyrrole nitrogens is 2. The van der Waals surface area contributed by atoms with Gasteiger partial charge in [0, 0.05) is 11.1 Å². The molecule has 3 aromatic heterocycles. The predicted molar refractivity (Wildman–Crippen MR) is 135 cm³/mol. The maximum absolute atomic E-state index is 6.07. The zero-order valence-corrected chi connectivity index (χ0v) is 19.3. The molecule has 0 aliphatic carbocycles. The maximum atomic E-state index is 6.07. The quantitative estimate of drug-likeness (QED) is 0.287. The fourth-order valence-electron chi connectivity index (χ4n) is 5.17. The summed E-state index contributed by atoms with van der Waals surface area (Å²) >= 11 is 0. The molecule has 8 heteroatoms. The number of imidazole rings is 2. The molecule has 5 aromatic rings. The number of rotatable bonds is 5.